The predicted molar refractivity (Wildman–Crippen MR) is 98.0 cm³/mol. The van der Waals surface area contributed by atoms with E-state index in [1.807, 2.05) is 6.20 Å². The van der Waals surface area contributed by atoms with E-state index in [9.17, 15) is 13.2 Å². The Morgan fingerprint density at radius 1 is 1.33 bits per heavy atom. The second kappa shape index (κ2) is 6.13. The minimum absolute atomic E-state index is 0.123. The third kappa shape index (κ3) is 3.00. The summed E-state index contributed by atoms with van der Waals surface area (Å²) in [6, 6.07) is 0.466. The number of rotatable bonds is 3. The van der Waals surface area contributed by atoms with Crippen molar-refractivity contribution in [2.75, 3.05) is 30.8 Å². The summed E-state index contributed by atoms with van der Waals surface area (Å²) >= 11 is 0. The van der Waals surface area contributed by atoms with Crippen LogP contribution in [0.15, 0.2) is 6.20 Å². The fourth-order valence-electron chi connectivity index (χ4n) is 4.52. The molecule has 0 bridgehead atoms. The lowest BCUT2D eigenvalue weighted by atomic mass is 9.80. The molecular formula is C18H24N4O4S. The summed E-state index contributed by atoms with van der Waals surface area (Å²) in [5, 5.41) is 2.47. The molecule has 3 aliphatic heterocycles. The number of sulfone groups is 1. The van der Waals surface area contributed by atoms with Crippen molar-refractivity contribution in [3.63, 3.8) is 0 Å². The third-order valence-corrected chi connectivity index (χ3v) is 8.34. The summed E-state index contributed by atoms with van der Waals surface area (Å²) < 4.78 is 30.2. The molecule has 9 heteroatoms. The average Bonchev–Trinajstić information content (AvgIpc) is 3.24. The highest BCUT2D eigenvalue weighted by Crippen LogP contribution is 2.40. The standard InChI is InChI=1S/C18H24N4O4S/c23-16(14-2-1-7-27(14,24)25)22-6-5-18(10-22)11-26-9-12-8-19-17(21-15(12)18)20-13-3-4-13/h8,13-14H,1-7,9-11H2,(H,19,20,21)/t14-,18+/m0/s1. The number of hydrogen-bond acceptors (Lipinski definition) is 7. The van der Waals surface area contributed by atoms with Crippen LogP contribution in [0.1, 0.15) is 43.4 Å². The molecule has 1 aromatic rings. The Morgan fingerprint density at radius 3 is 2.93 bits per heavy atom. The molecule has 1 spiro atoms. The van der Waals surface area contributed by atoms with Crippen molar-refractivity contribution >= 4 is 21.7 Å². The molecule has 0 radical (unpaired) electrons. The molecule has 1 N–H and O–H groups in total. The van der Waals surface area contributed by atoms with Crippen LogP contribution in [0.2, 0.25) is 0 Å². The van der Waals surface area contributed by atoms with Gasteiger partial charge in [-0.1, -0.05) is 0 Å². The largest absolute Gasteiger partial charge is 0.376 e. The molecule has 5 rings (SSSR count). The number of nitrogens with zero attached hydrogens (tertiary/aromatic N) is 3. The number of aromatic nitrogens is 2. The maximum absolute atomic E-state index is 12.9. The highest BCUT2D eigenvalue weighted by Gasteiger charge is 2.49. The van der Waals surface area contributed by atoms with E-state index in [4.69, 9.17) is 9.72 Å². The van der Waals surface area contributed by atoms with Gasteiger partial charge in [0, 0.05) is 30.9 Å². The molecule has 146 valence electrons. The first-order valence-corrected chi connectivity index (χ1v) is 11.4. The van der Waals surface area contributed by atoms with Gasteiger partial charge >= 0.3 is 0 Å². The normalized spacial score (nSPS) is 31.9. The van der Waals surface area contributed by atoms with Crippen LogP contribution >= 0.6 is 0 Å². The predicted octanol–water partition coefficient (Wildman–Crippen LogP) is 0.628. The topological polar surface area (TPSA) is 101 Å². The van der Waals surface area contributed by atoms with Crippen molar-refractivity contribution in [3.05, 3.63) is 17.5 Å². The zero-order valence-electron chi connectivity index (χ0n) is 15.2. The van der Waals surface area contributed by atoms with Gasteiger partial charge in [0.15, 0.2) is 9.84 Å². The number of nitrogens with one attached hydrogen (secondary N) is 1. The van der Waals surface area contributed by atoms with Crippen LogP contribution in [0.25, 0.3) is 0 Å². The number of carbonyl (C=O) groups is 1. The van der Waals surface area contributed by atoms with Gasteiger partial charge in [-0.15, -0.1) is 0 Å². The molecule has 2 atom stereocenters. The molecule has 2 saturated heterocycles. The molecule has 0 aromatic carbocycles. The Hall–Kier alpha value is -1.74. The number of fused-ring (bicyclic) bond motifs is 2. The van der Waals surface area contributed by atoms with E-state index >= 15 is 0 Å². The lowest BCUT2D eigenvalue weighted by Crippen LogP contribution is -2.45. The molecule has 4 aliphatic rings. The van der Waals surface area contributed by atoms with Gasteiger partial charge in [0.2, 0.25) is 11.9 Å². The van der Waals surface area contributed by atoms with E-state index in [0.29, 0.717) is 51.1 Å². The number of amides is 1. The van der Waals surface area contributed by atoms with Gasteiger partial charge in [0.25, 0.3) is 0 Å². The Balaban J connectivity index is 1.41. The highest BCUT2D eigenvalue weighted by molar-refractivity contribution is 7.93. The van der Waals surface area contributed by atoms with Crippen molar-refractivity contribution in [3.8, 4) is 0 Å². The second-order valence-corrected chi connectivity index (χ2v) is 10.6. The quantitative estimate of drug-likeness (QED) is 0.805. The molecule has 4 heterocycles. The zero-order valence-corrected chi connectivity index (χ0v) is 16.0. The van der Waals surface area contributed by atoms with E-state index in [1.165, 1.54) is 0 Å². The number of hydrogen-bond donors (Lipinski definition) is 1. The lowest BCUT2D eigenvalue weighted by Gasteiger charge is -2.34. The summed E-state index contributed by atoms with van der Waals surface area (Å²) in [6.45, 7) is 1.99. The van der Waals surface area contributed by atoms with Gasteiger partial charge in [-0.25, -0.2) is 18.4 Å². The summed E-state index contributed by atoms with van der Waals surface area (Å²) in [5.41, 5.74) is 1.55. The Morgan fingerprint density at radius 2 is 2.19 bits per heavy atom. The van der Waals surface area contributed by atoms with E-state index in [2.05, 4.69) is 10.3 Å². The Bertz CT molecular complexity index is 885. The minimum atomic E-state index is -3.30. The molecule has 8 nitrogen and oxygen atoms in total. The number of carbonyl (C=O) groups excluding carboxylic acids is 1. The van der Waals surface area contributed by atoms with E-state index in [0.717, 1.165) is 30.5 Å². The summed E-state index contributed by atoms with van der Waals surface area (Å²) in [6.07, 6.45) is 5.86. The van der Waals surface area contributed by atoms with Gasteiger partial charge in [-0.05, 0) is 32.1 Å². The van der Waals surface area contributed by atoms with Crippen molar-refractivity contribution in [2.45, 2.75) is 55.4 Å². The minimum Gasteiger partial charge on any atom is -0.376 e. The second-order valence-electron chi connectivity index (χ2n) is 8.27. The summed E-state index contributed by atoms with van der Waals surface area (Å²) in [7, 11) is -3.30. The van der Waals surface area contributed by atoms with Crippen molar-refractivity contribution in [1.82, 2.24) is 14.9 Å². The van der Waals surface area contributed by atoms with Gasteiger partial charge in [0.1, 0.15) is 5.25 Å². The average molecular weight is 392 g/mol. The number of ether oxygens (including phenoxy) is 1. The van der Waals surface area contributed by atoms with Crippen LogP contribution in [-0.4, -0.2) is 65.9 Å². The third-order valence-electron chi connectivity index (χ3n) is 6.18. The van der Waals surface area contributed by atoms with Crippen LogP contribution in [0.4, 0.5) is 5.95 Å². The molecule has 3 fully saturated rings. The maximum Gasteiger partial charge on any atom is 0.240 e. The fraction of sp³-hybridized carbons (Fsp3) is 0.722. The van der Waals surface area contributed by atoms with Gasteiger partial charge in [-0.2, -0.15) is 0 Å². The van der Waals surface area contributed by atoms with Crippen LogP contribution in [0, 0.1) is 0 Å². The van der Waals surface area contributed by atoms with Crippen molar-refractivity contribution in [1.29, 1.82) is 0 Å². The SMILES string of the molecule is O=C([C@@H]1CCCS1(=O)=O)N1CC[C@]2(COCc3cnc(NC4CC4)nc32)C1. The highest BCUT2D eigenvalue weighted by atomic mass is 32.2. The first kappa shape index (κ1) is 17.4. The molecule has 1 aliphatic carbocycles. The molecule has 1 amide bonds. The fourth-order valence-corrected chi connectivity index (χ4v) is 6.36. The Kier molecular flexibility index (Phi) is 3.94. The van der Waals surface area contributed by atoms with Gasteiger partial charge < -0.3 is 15.0 Å². The van der Waals surface area contributed by atoms with Crippen LogP contribution in [0.5, 0.6) is 0 Å². The van der Waals surface area contributed by atoms with Crippen molar-refractivity contribution in [2.24, 2.45) is 0 Å². The smallest absolute Gasteiger partial charge is 0.240 e. The number of anilines is 1. The van der Waals surface area contributed by atoms with Crippen LogP contribution < -0.4 is 5.32 Å². The molecule has 0 unspecified atom stereocenters. The van der Waals surface area contributed by atoms with Crippen LogP contribution in [-0.2, 0) is 31.4 Å². The van der Waals surface area contributed by atoms with Crippen LogP contribution in [0.3, 0.4) is 0 Å². The van der Waals surface area contributed by atoms with Crippen molar-refractivity contribution < 1.29 is 17.9 Å². The summed E-state index contributed by atoms with van der Waals surface area (Å²) in [4.78, 5) is 23.8. The molecule has 1 saturated carbocycles. The summed E-state index contributed by atoms with van der Waals surface area (Å²) in [5.74, 6) is 0.514. The molecular weight excluding hydrogens is 368 g/mol. The molecule has 27 heavy (non-hydrogen) atoms. The van der Waals surface area contributed by atoms with E-state index in [1.54, 1.807) is 4.90 Å². The number of likely N-dealkylation sites (tertiary alicyclic amines) is 1. The Labute approximate surface area is 158 Å². The van der Waals surface area contributed by atoms with E-state index < -0.39 is 15.1 Å². The molecule has 1 aromatic heterocycles. The maximum atomic E-state index is 12.9. The van der Waals surface area contributed by atoms with Gasteiger partial charge in [0.05, 0.1) is 30.1 Å². The monoisotopic (exact) mass is 392 g/mol. The van der Waals surface area contributed by atoms with E-state index in [-0.39, 0.29) is 17.1 Å². The van der Waals surface area contributed by atoms with Gasteiger partial charge in [-0.3, -0.25) is 4.79 Å². The lowest BCUT2D eigenvalue weighted by molar-refractivity contribution is -0.130. The first-order chi connectivity index (χ1) is 13.0. The first-order valence-electron chi connectivity index (χ1n) is 9.68. The zero-order chi connectivity index (χ0) is 18.6.